The summed E-state index contributed by atoms with van der Waals surface area (Å²) in [7, 11) is 0. The molecule has 1 aliphatic rings. The fourth-order valence-corrected chi connectivity index (χ4v) is 4.55. The summed E-state index contributed by atoms with van der Waals surface area (Å²) in [6.45, 7) is 1.53. The second-order valence-electron chi connectivity index (χ2n) is 7.79. The number of carbonyl (C=O) groups is 2. The summed E-state index contributed by atoms with van der Waals surface area (Å²) >= 11 is 24.4. The third kappa shape index (κ3) is 6.67. The molecule has 1 N–H and O–H groups in total. The van der Waals surface area contributed by atoms with Crippen LogP contribution in [0.1, 0.15) is 38.2 Å². The average molecular weight is 518 g/mol. The lowest BCUT2D eigenvalue weighted by molar-refractivity contribution is -0.142. The van der Waals surface area contributed by atoms with Gasteiger partial charge in [-0.15, -0.1) is 0 Å². The number of rotatable bonds is 8. The third-order valence-corrected chi connectivity index (χ3v) is 6.59. The summed E-state index contributed by atoms with van der Waals surface area (Å²) < 4.78 is 5.62. The lowest BCUT2D eigenvalue weighted by Gasteiger charge is -2.30. The monoisotopic (exact) mass is 516 g/mol. The van der Waals surface area contributed by atoms with E-state index in [1.54, 1.807) is 37.3 Å². The fraction of sp³-hybridized carbons (Fsp3) is 0.391. The highest BCUT2D eigenvalue weighted by molar-refractivity contribution is 6.35. The first-order valence-electron chi connectivity index (χ1n) is 10.4. The van der Waals surface area contributed by atoms with Crippen LogP contribution >= 0.6 is 46.4 Å². The normalized spacial score (nSPS) is 14.8. The molecule has 1 atom stereocenters. The van der Waals surface area contributed by atoms with Crippen LogP contribution in [0.15, 0.2) is 36.4 Å². The molecule has 32 heavy (non-hydrogen) atoms. The zero-order valence-corrected chi connectivity index (χ0v) is 20.6. The van der Waals surface area contributed by atoms with Gasteiger partial charge in [-0.2, -0.15) is 0 Å². The van der Waals surface area contributed by atoms with E-state index in [9.17, 15) is 9.59 Å². The largest absolute Gasteiger partial charge is 0.482 e. The quantitative estimate of drug-likeness (QED) is 0.456. The summed E-state index contributed by atoms with van der Waals surface area (Å²) in [6.07, 6.45) is 4.09. The lowest BCUT2D eigenvalue weighted by Crippen LogP contribution is -2.50. The molecule has 1 fully saturated rings. The molecule has 0 bridgehead atoms. The Bertz CT molecular complexity index is 980. The molecule has 172 valence electrons. The third-order valence-electron chi connectivity index (χ3n) is 5.47. The Morgan fingerprint density at radius 3 is 2.28 bits per heavy atom. The molecule has 5 nitrogen and oxygen atoms in total. The molecule has 0 aromatic heterocycles. The molecule has 1 saturated carbocycles. The second kappa shape index (κ2) is 11.5. The van der Waals surface area contributed by atoms with E-state index in [0.29, 0.717) is 31.4 Å². The van der Waals surface area contributed by atoms with Crippen LogP contribution in [0.4, 0.5) is 0 Å². The van der Waals surface area contributed by atoms with E-state index in [2.05, 4.69) is 5.32 Å². The van der Waals surface area contributed by atoms with Crippen molar-refractivity contribution in [2.24, 2.45) is 0 Å². The Kier molecular flexibility index (Phi) is 8.95. The summed E-state index contributed by atoms with van der Waals surface area (Å²) in [5.41, 5.74) is 0.675. The maximum atomic E-state index is 13.1. The van der Waals surface area contributed by atoms with Crippen LogP contribution in [0.25, 0.3) is 0 Å². The van der Waals surface area contributed by atoms with Crippen molar-refractivity contribution in [3.05, 3.63) is 62.1 Å². The van der Waals surface area contributed by atoms with Gasteiger partial charge >= 0.3 is 0 Å². The van der Waals surface area contributed by atoms with E-state index in [1.165, 1.54) is 11.0 Å². The van der Waals surface area contributed by atoms with Crippen molar-refractivity contribution in [3.8, 4) is 5.75 Å². The average Bonchev–Trinajstić information content (AvgIpc) is 3.25. The SMILES string of the molecule is C[C@@H](C(=O)NC1CCCC1)N(Cc1ccc(Cl)cc1Cl)C(=O)COc1ccc(Cl)cc1Cl. The van der Waals surface area contributed by atoms with Crippen LogP contribution in [0.3, 0.4) is 0 Å². The van der Waals surface area contributed by atoms with Crippen molar-refractivity contribution in [3.63, 3.8) is 0 Å². The van der Waals surface area contributed by atoms with Gasteiger partial charge in [-0.05, 0) is 55.7 Å². The molecule has 0 radical (unpaired) electrons. The van der Waals surface area contributed by atoms with Gasteiger partial charge in [-0.1, -0.05) is 65.3 Å². The minimum Gasteiger partial charge on any atom is -0.482 e. The predicted octanol–water partition coefficient (Wildman–Crippen LogP) is 6.16. The summed E-state index contributed by atoms with van der Waals surface area (Å²) in [4.78, 5) is 27.5. The highest BCUT2D eigenvalue weighted by atomic mass is 35.5. The standard InChI is InChI=1S/C23H24Cl4N2O3/c1-14(23(31)28-18-4-2-3-5-18)29(12-15-6-7-16(24)10-19(15)26)22(30)13-32-21-9-8-17(25)11-20(21)27/h6-11,14,18H,2-5,12-13H2,1H3,(H,28,31)/t14-/m0/s1. The topological polar surface area (TPSA) is 58.6 Å². The van der Waals surface area contributed by atoms with Gasteiger partial charge in [0.25, 0.3) is 5.91 Å². The van der Waals surface area contributed by atoms with E-state index in [-0.39, 0.29) is 31.0 Å². The van der Waals surface area contributed by atoms with Crippen molar-refractivity contribution in [2.45, 2.75) is 51.2 Å². The van der Waals surface area contributed by atoms with E-state index in [0.717, 1.165) is 25.7 Å². The van der Waals surface area contributed by atoms with Gasteiger partial charge in [0, 0.05) is 27.7 Å². The van der Waals surface area contributed by atoms with Gasteiger partial charge < -0.3 is 15.0 Å². The van der Waals surface area contributed by atoms with Gasteiger partial charge in [0.1, 0.15) is 11.8 Å². The smallest absolute Gasteiger partial charge is 0.261 e. The van der Waals surface area contributed by atoms with E-state index in [4.69, 9.17) is 51.1 Å². The number of nitrogens with one attached hydrogen (secondary N) is 1. The number of hydrogen-bond acceptors (Lipinski definition) is 3. The second-order valence-corrected chi connectivity index (χ2v) is 9.47. The fourth-order valence-electron chi connectivity index (χ4n) is 3.62. The Balaban J connectivity index is 1.76. The van der Waals surface area contributed by atoms with Gasteiger partial charge in [0.15, 0.2) is 6.61 Å². The van der Waals surface area contributed by atoms with Crippen LogP contribution in [0.2, 0.25) is 20.1 Å². The van der Waals surface area contributed by atoms with Gasteiger partial charge in [-0.3, -0.25) is 9.59 Å². The number of nitrogens with zero attached hydrogens (tertiary/aromatic N) is 1. The van der Waals surface area contributed by atoms with Gasteiger partial charge in [0.2, 0.25) is 5.91 Å². The van der Waals surface area contributed by atoms with Crippen molar-refractivity contribution in [1.29, 1.82) is 0 Å². The van der Waals surface area contributed by atoms with E-state index >= 15 is 0 Å². The highest BCUT2D eigenvalue weighted by Gasteiger charge is 2.29. The zero-order chi connectivity index (χ0) is 23.3. The molecule has 0 heterocycles. The van der Waals surface area contributed by atoms with Gasteiger partial charge in [-0.25, -0.2) is 0 Å². The number of hydrogen-bond donors (Lipinski definition) is 1. The maximum absolute atomic E-state index is 13.1. The minimum atomic E-state index is -0.723. The Labute approximate surface area is 207 Å². The maximum Gasteiger partial charge on any atom is 0.261 e. The molecular formula is C23H24Cl4N2O3. The summed E-state index contributed by atoms with van der Waals surface area (Å²) in [6, 6.07) is 9.21. The molecule has 0 saturated heterocycles. The van der Waals surface area contributed by atoms with E-state index in [1.807, 2.05) is 0 Å². The number of amides is 2. The molecule has 9 heteroatoms. The molecule has 3 rings (SSSR count). The first kappa shape index (κ1) is 25.0. The Hall–Kier alpha value is -1.66. The van der Waals surface area contributed by atoms with Crippen LogP contribution in [0.5, 0.6) is 5.75 Å². The Morgan fingerprint density at radius 1 is 1.03 bits per heavy atom. The Morgan fingerprint density at radius 2 is 1.66 bits per heavy atom. The highest BCUT2D eigenvalue weighted by Crippen LogP contribution is 2.28. The molecule has 0 unspecified atom stereocenters. The molecule has 1 aliphatic carbocycles. The van der Waals surface area contributed by atoms with Crippen molar-refractivity contribution in [2.75, 3.05) is 6.61 Å². The number of halogens is 4. The van der Waals surface area contributed by atoms with Crippen LogP contribution < -0.4 is 10.1 Å². The molecule has 2 aromatic carbocycles. The number of benzene rings is 2. The van der Waals surface area contributed by atoms with Crippen LogP contribution in [0, 0.1) is 0 Å². The van der Waals surface area contributed by atoms with Crippen LogP contribution in [-0.2, 0) is 16.1 Å². The lowest BCUT2D eigenvalue weighted by atomic mass is 10.1. The molecule has 0 spiro atoms. The van der Waals surface area contributed by atoms with Crippen molar-refractivity contribution < 1.29 is 14.3 Å². The van der Waals surface area contributed by atoms with Crippen molar-refractivity contribution >= 4 is 58.2 Å². The van der Waals surface area contributed by atoms with Gasteiger partial charge in [0.05, 0.1) is 5.02 Å². The molecule has 2 amide bonds. The van der Waals surface area contributed by atoms with Crippen molar-refractivity contribution in [1.82, 2.24) is 10.2 Å². The molecular weight excluding hydrogens is 494 g/mol. The number of ether oxygens (including phenoxy) is 1. The zero-order valence-electron chi connectivity index (χ0n) is 17.5. The first-order chi connectivity index (χ1) is 15.2. The first-order valence-corrected chi connectivity index (χ1v) is 11.9. The summed E-state index contributed by atoms with van der Waals surface area (Å²) in [5.74, 6) is -0.257. The predicted molar refractivity (Wildman–Crippen MR) is 129 cm³/mol. The van der Waals surface area contributed by atoms with Crippen LogP contribution in [-0.4, -0.2) is 35.4 Å². The number of carbonyl (C=O) groups excluding carboxylic acids is 2. The summed E-state index contributed by atoms with van der Waals surface area (Å²) in [5, 5.41) is 4.72. The molecule has 0 aliphatic heterocycles. The minimum absolute atomic E-state index is 0.131. The van der Waals surface area contributed by atoms with E-state index < -0.39 is 6.04 Å². The molecule has 2 aromatic rings.